The number of para-hydroxylation sites is 1. The Morgan fingerprint density at radius 2 is 1.48 bits per heavy atom. The Morgan fingerprint density at radius 1 is 0.844 bits per heavy atom. The molecule has 1 aliphatic carbocycles. The molecule has 3 saturated heterocycles. The van der Waals surface area contributed by atoms with Gasteiger partial charge in [0, 0.05) is 37.3 Å². The lowest BCUT2D eigenvalue weighted by Crippen LogP contribution is -2.61. The van der Waals surface area contributed by atoms with Crippen molar-refractivity contribution < 1.29 is 77.8 Å². The molecule has 19 heteroatoms. The zero-order chi connectivity index (χ0) is 57.7. The molecule has 20 atom stereocenters. The molecule has 0 aromatic heterocycles. The van der Waals surface area contributed by atoms with Gasteiger partial charge in [0.05, 0.1) is 53.6 Å². The number of carbonyl (C=O) groups excluding carboxylic acids is 3. The van der Waals surface area contributed by atoms with Crippen LogP contribution in [0.5, 0.6) is 11.5 Å². The number of allylic oxidation sites excluding steroid dienone is 1. The fraction of sp³-hybridized carbons (Fsp3) is 0.707. The lowest BCUT2D eigenvalue weighted by Gasteiger charge is -2.49. The number of cyclic esters (lactones) is 1. The van der Waals surface area contributed by atoms with Gasteiger partial charge in [0.15, 0.2) is 12.6 Å². The topological polar surface area (TPSA) is 229 Å². The van der Waals surface area contributed by atoms with Crippen molar-refractivity contribution in [3.63, 3.8) is 0 Å². The molecule has 1 saturated carbocycles. The molecule has 434 valence electrons. The number of benzene rings is 2. The van der Waals surface area contributed by atoms with Crippen LogP contribution in [0.3, 0.4) is 0 Å². The number of nitrogens with zero attached hydrogens (tertiary/aromatic N) is 1. The molecule has 2 aromatic carbocycles. The molecule has 5 N–H and O–H groups in total. The van der Waals surface area contributed by atoms with Crippen LogP contribution in [0.25, 0.3) is 0 Å². The Hall–Kier alpha value is -3.27. The number of aliphatic hydroxyl groups excluding tert-OH is 3. The van der Waals surface area contributed by atoms with Gasteiger partial charge in [-0.15, -0.1) is 0 Å². The zero-order valence-corrected chi connectivity index (χ0v) is 49.1. The van der Waals surface area contributed by atoms with E-state index in [1.54, 1.807) is 47.6 Å². The fourth-order valence-electron chi connectivity index (χ4n) is 11.6. The summed E-state index contributed by atoms with van der Waals surface area (Å²) in [5.41, 5.74) is -4.16. The molecule has 4 fully saturated rings. The average molecular weight is 1130 g/mol. The highest BCUT2D eigenvalue weighted by Gasteiger charge is 2.62. The first kappa shape index (κ1) is 64.5. The molecule has 3 aliphatic heterocycles. The minimum atomic E-state index is -1.99. The van der Waals surface area contributed by atoms with Gasteiger partial charge in [-0.1, -0.05) is 95.1 Å². The number of carbonyl (C=O) groups is 3. The van der Waals surface area contributed by atoms with Crippen molar-refractivity contribution in [1.29, 1.82) is 0 Å². The number of rotatable bonds is 13. The second-order valence-corrected chi connectivity index (χ2v) is 24.4. The summed E-state index contributed by atoms with van der Waals surface area (Å²) in [5.74, 6) is -3.97. The van der Waals surface area contributed by atoms with E-state index < -0.39 is 108 Å². The minimum absolute atomic E-state index is 0.00717. The number of hydrogen-bond donors (Lipinski definition) is 5. The molecular formula is C58H87Cl2NO16. The lowest BCUT2D eigenvalue weighted by molar-refractivity contribution is -0.318. The van der Waals surface area contributed by atoms with Gasteiger partial charge in [0.25, 0.3) is 0 Å². The molecule has 6 rings (SSSR count). The third-order valence-electron chi connectivity index (χ3n) is 16.6. The maximum absolute atomic E-state index is 14.1. The molecule has 4 aliphatic rings. The van der Waals surface area contributed by atoms with Gasteiger partial charge in [-0.05, 0) is 122 Å². The molecule has 0 spiro atoms. The van der Waals surface area contributed by atoms with E-state index in [-0.39, 0.29) is 65.7 Å². The van der Waals surface area contributed by atoms with Crippen molar-refractivity contribution in [3.05, 3.63) is 70.7 Å². The SMILES string of the molecule is CC1(C)C(C=C(Cl)Cl)C1C(=O)OCc1cccc(Oc2ccccc2)c1.CC[C@H]1OC(=O)[C@H](C)[C@@H](O[C@H]2C[C@@](C)(OC)[C@@H](O)[C@H](C)O2)[C@H](C)[C@@H](O[C@@H]2O[C@H](C)C[C@H](N(C)C)[C@H]2O)[C@](C)(O)C[C@@H](C)C(=O)[C@H](C)[C@@H](O)[C@]1(C)O. The first-order valence-corrected chi connectivity index (χ1v) is 27.6. The van der Waals surface area contributed by atoms with Gasteiger partial charge in [0.2, 0.25) is 0 Å². The highest BCUT2D eigenvalue weighted by molar-refractivity contribution is 6.55. The summed E-state index contributed by atoms with van der Waals surface area (Å²) >= 11 is 11.5. The van der Waals surface area contributed by atoms with E-state index >= 15 is 0 Å². The number of methoxy groups -OCH3 is 1. The zero-order valence-electron chi connectivity index (χ0n) is 47.6. The van der Waals surface area contributed by atoms with Gasteiger partial charge in [-0.2, -0.15) is 0 Å². The van der Waals surface area contributed by atoms with Crippen LogP contribution in [0.2, 0.25) is 0 Å². The van der Waals surface area contributed by atoms with Gasteiger partial charge < -0.3 is 68.3 Å². The monoisotopic (exact) mass is 1120 g/mol. The quantitative estimate of drug-likeness (QED) is 0.120. The number of halogens is 2. The van der Waals surface area contributed by atoms with E-state index in [4.69, 9.17) is 61.1 Å². The maximum atomic E-state index is 14.1. The number of aliphatic hydroxyl groups is 5. The smallest absolute Gasteiger partial charge is 0.311 e. The molecule has 2 aromatic rings. The largest absolute Gasteiger partial charge is 0.461 e. The fourth-order valence-corrected chi connectivity index (χ4v) is 11.8. The molecule has 3 heterocycles. The summed E-state index contributed by atoms with van der Waals surface area (Å²) in [6, 6.07) is 16.7. The summed E-state index contributed by atoms with van der Waals surface area (Å²) in [5, 5.41) is 57.6. The normalized spacial score (nSPS) is 39.8. The Kier molecular flexibility index (Phi) is 22.3. The van der Waals surface area contributed by atoms with Crippen LogP contribution in [0, 0.1) is 40.9 Å². The van der Waals surface area contributed by atoms with Gasteiger partial charge in [-0.3, -0.25) is 14.4 Å². The van der Waals surface area contributed by atoms with Gasteiger partial charge in [-0.25, -0.2) is 0 Å². The molecule has 17 nitrogen and oxygen atoms in total. The Balaban J connectivity index is 0.000000349. The van der Waals surface area contributed by atoms with Gasteiger partial charge in [0.1, 0.15) is 52.3 Å². The minimum Gasteiger partial charge on any atom is -0.461 e. The van der Waals surface area contributed by atoms with Crippen molar-refractivity contribution in [1.82, 2.24) is 4.90 Å². The molecule has 0 radical (unpaired) electrons. The summed E-state index contributed by atoms with van der Waals surface area (Å²) in [4.78, 5) is 42.2. The molecular weight excluding hydrogens is 1040 g/mol. The maximum Gasteiger partial charge on any atom is 0.311 e. The Labute approximate surface area is 465 Å². The number of ether oxygens (including phenoxy) is 8. The Morgan fingerprint density at radius 3 is 2.08 bits per heavy atom. The van der Waals surface area contributed by atoms with E-state index in [9.17, 15) is 39.9 Å². The summed E-state index contributed by atoms with van der Waals surface area (Å²) in [6.45, 7) is 20.5. The van der Waals surface area contributed by atoms with Crippen molar-refractivity contribution >= 4 is 40.9 Å². The molecule has 0 bridgehead atoms. The van der Waals surface area contributed by atoms with Crippen molar-refractivity contribution in [2.45, 2.75) is 200 Å². The summed E-state index contributed by atoms with van der Waals surface area (Å²) in [7, 11) is 5.18. The van der Waals surface area contributed by atoms with E-state index in [2.05, 4.69) is 0 Å². The molecule has 0 amide bonds. The van der Waals surface area contributed by atoms with Crippen LogP contribution in [0.1, 0.15) is 114 Å². The predicted octanol–water partition coefficient (Wildman–Crippen LogP) is 7.90. The second kappa shape index (κ2) is 26.5. The van der Waals surface area contributed by atoms with Crippen LogP contribution < -0.4 is 4.74 Å². The van der Waals surface area contributed by atoms with Crippen LogP contribution in [-0.4, -0.2) is 154 Å². The summed E-state index contributed by atoms with van der Waals surface area (Å²) < 4.78 is 48.5. The van der Waals surface area contributed by atoms with Gasteiger partial charge >= 0.3 is 11.9 Å². The Bertz CT molecular complexity index is 2300. The number of hydrogen-bond acceptors (Lipinski definition) is 17. The van der Waals surface area contributed by atoms with Crippen LogP contribution in [0.4, 0.5) is 0 Å². The van der Waals surface area contributed by atoms with E-state index in [1.807, 2.05) is 94.4 Å². The van der Waals surface area contributed by atoms with E-state index in [0.29, 0.717) is 12.2 Å². The van der Waals surface area contributed by atoms with Crippen LogP contribution in [0.15, 0.2) is 65.2 Å². The van der Waals surface area contributed by atoms with E-state index in [0.717, 1.165) is 11.3 Å². The molecule has 2 unspecified atom stereocenters. The van der Waals surface area contributed by atoms with E-state index in [1.165, 1.54) is 27.9 Å². The van der Waals surface area contributed by atoms with Crippen molar-refractivity contribution in [3.8, 4) is 11.5 Å². The predicted molar refractivity (Wildman–Crippen MR) is 290 cm³/mol. The van der Waals surface area contributed by atoms with Crippen LogP contribution >= 0.6 is 23.2 Å². The first-order valence-electron chi connectivity index (χ1n) is 26.9. The average Bonchev–Trinajstić information content (AvgIpc) is 3.92. The highest BCUT2D eigenvalue weighted by Crippen LogP contribution is 2.60. The second-order valence-electron chi connectivity index (χ2n) is 23.4. The standard InChI is InChI=1S/C37H67NO13.C21H20Cl2O3/c1-14-25-37(10,45)30(41)20(4)27(39)18(2)16-35(8,44)32(51-34-28(40)24(38(11)12)15-19(3)47-34)21(5)29(22(6)33(43)49-25)50-26-17-36(9,46-13)31(42)23(7)48-26;1-21(2)17(12-18(22)23)19(21)20(24)25-13-14-7-6-10-16(11-14)26-15-8-4-3-5-9-15/h18-26,28-32,34,40-42,44-45H,14-17H2,1-13H3;3-12,17,19H,13H2,1-2H3/t18-,19-,20+,21+,22-,23+,24+,25-,26+,28-,29+,30-,31+,32-,34+,35-,36-,37-;/m1./s1. The third kappa shape index (κ3) is 15.6. The van der Waals surface area contributed by atoms with Crippen molar-refractivity contribution in [2.24, 2.45) is 40.9 Å². The first-order chi connectivity index (χ1) is 35.8. The summed E-state index contributed by atoms with van der Waals surface area (Å²) in [6.07, 6.45) is -8.00. The number of likely N-dealkylation sites (N-methyl/N-ethyl adjacent to an activating group) is 1. The number of esters is 2. The van der Waals surface area contributed by atoms with Crippen molar-refractivity contribution in [2.75, 3.05) is 21.2 Å². The van der Waals surface area contributed by atoms with Crippen LogP contribution in [-0.2, 0) is 54.1 Å². The molecule has 77 heavy (non-hydrogen) atoms. The lowest BCUT2D eigenvalue weighted by atomic mass is 9.74. The third-order valence-corrected chi connectivity index (χ3v) is 16.8. The highest BCUT2D eigenvalue weighted by atomic mass is 35.5. The number of ketones is 1. The number of Topliss-reactive ketones (excluding diaryl/α,β-unsaturated/α-hetero) is 1.